The second-order valence-corrected chi connectivity index (χ2v) is 5.60. The molecule has 1 amide bonds. The fourth-order valence-electron chi connectivity index (χ4n) is 2.60. The van der Waals surface area contributed by atoms with Crippen molar-refractivity contribution in [1.82, 2.24) is 9.88 Å². The Hall–Kier alpha value is -2.43. The van der Waals surface area contributed by atoms with Gasteiger partial charge in [0.1, 0.15) is 0 Å². The van der Waals surface area contributed by atoms with Crippen LogP contribution in [0.5, 0.6) is 11.5 Å². The average molecular weight is 300 g/mol. The number of hydrogen-bond acceptors (Lipinski definition) is 3. The van der Waals surface area contributed by atoms with Gasteiger partial charge in [-0.1, -0.05) is 6.07 Å². The van der Waals surface area contributed by atoms with Gasteiger partial charge < -0.3 is 19.4 Å². The molecule has 1 aromatic heterocycles. The van der Waals surface area contributed by atoms with Gasteiger partial charge in [-0.3, -0.25) is 4.79 Å². The minimum absolute atomic E-state index is 0.0198. The van der Waals surface area contributed by atoms with Gasteiger partial charge >= 0.3 is 0 Å². The van der Waals surface area contributed by atoms with E-state index in [-0.39, 0.29) is 12.7 Å². The quantitative estimate of drug-likeness (QED) is 0.942. The van der Waals surface area contributed by atoms with Gasteiger partial charge in [-0.25, -0.2) is 0 Å². The Balaban J connectivity index is 1.59. The van der Waals surface area contributed by atoms with E-state index in [4.69, 9.17) is 9.47 Å². The summed E-state index contributed by atoms with van der Waals surface area (Å²) in [5.74, 6) is 1.51. The van der Waals surface area contributed by atoms with Gasteiger partial charge in [0.15, 0.2) is 11.5 Å². The number of benzene rings is 1. The maximum absolute atomic E-state index is 12.1. The van der Waals surface area contributed by atoms with Crippen molar-refractivity contribution in [2.45, 2.75) is 26.8 Å². The molecule has 0 saturated carbocycles. The van der Waals surface area contributed by atoms with Gasteiger partial charge in [-0.2, -0.15) is 0 Å². The second kappa shape index (κ2) is 5.75. The van der Waals surface area contributed by atoms with Crippen LogP contribution in [-0.2, 0) is 24.8 Å². The summed E-state index contributed by atoms with van der Waals surface area (Å²) in [5.41, 5.74) is 4.37. The van der Waals surface area contributed by atoms with Gasteiger partial charge in [0.05, 0.1) is 6.42 Å². The molecule has 22 heavy (non-hydrogen) atoms. The smallest absolute Gasteiger partial charge is 0.231 e. The maximum atomic E-state index is 12.1. The van der Waals surface area contributed by atoms with Crippen LogP contribution in [0.25, 0.3) is 0 Å². The lowest BCUT2D eigenvalue weighted by atomic mass is 10.1. The first-order valence-corrected chi connectivity index (χ1v) is 7.31. The van der Waals surface area contributed by atoms with Crippen LogP contribution in [0.4, 0.5) is 0 Å². The van der Waals surface area contributed by atoms with Crippen molar-refractivity contribution in [3.8, 4) is 11.5 Å². The average Bonchev–Trinajstić information content (AvgIpc) is 3.06. The van der Waals surface area contributed by atoms with E-state index in [1.54, 1.807) is 0 Å². The third kappa shape index (κ3) is 2.79. The minimum atomic E-state index is 0.0198. The molecule has 2 heterocycles. The highest BCUT2D eigenvalue weighted by molar-refractivity contribution is 5.79. The summed E-state index contributed by atoms with van der Waals surface area (Å²) in [5, 5.41) is 2.95. The summed E-state index contributed by atoms with van der Waals surface area (Å²) in [6, 6.07) is 7.77. The molecule has 0 unspecified atom stereocenters. The molecule has 1 aliphatic heterocycles. The summed E-state index contributed by atoms with van der Waals surface area (Å²) in [6.07, 6.45) is 0.401. The Morgan fingerprint density at radius 2 is 2.00 bits per heavy atom. The highest BCUT2D eigenvalue weighted by atomic mass is 16.7. The molecule has 2 aromatic rings. The fourth-order valence-corrected chi connectivity index (χ4v) is 2.60. The minimum Gasteiger partial charge on any atom is -0.454 e. The Kier molecular flexibility index (Phi) is 3.79. The Morgan fingerprint density at radius 3 is 2.73 bits per heavy atom. The molecule has 116 valence electrons. The van der Waals surface area contributed by atoms with Crippen molar-refractivity contribution in [1.29, 1.82) is 0 Å². The molecule has 1 aromatic carbocycles. The number of carbonyl (C=O) groups excluding carboxylic acids is 1. The van der Waals surface area contributed by atoms with Crippen molar-refractivity contribution < 1.29 is 14.3 Å². The largest absolute Gasteiger partial charge is 0.454 e. The number of rotatable bonds is 4. The van der Waals surface area contributed by atoms with Crippen LogP contribution in [0.2, 0.25) is 0 Å². The number of aromatic nitrogens is 1. The lowest BCUT2D eigenvalue weighted by Gasteiger charge is -2.07. The van der Waals surface area contributed by atoms with Gasteiger partial charge in [0, 0.05) is 25.0 Å². The monoisotopic (exact) mass is 300 g/mol. The first-order valence-electron chi connectivity index (χ1n) is 7.31. The summed E-state index contributed by atoms with van der Waals surface area (Å²) < 4.78 is 12.7. The highest BCUT2D eigenvalue weighted by Gasteiger charge is 2.14. The van der Waals surface area contributed by atoms with Crippen molar-refractivity contribution in [3.63, 3.8) is 0 Å². The summed E-state index contributed by atoms with van der Waals surface area (Å²) in [6.45, 7) is 4.83. The number of hydrogen-bond donors (Lipinski definition) is 1. The van der Waals surface area contributed by atoms with Crippen LogP contribution in [0.3, 0.4) is 0 Å². The van der Waals surface area contributed by atoms with Crippen LogP contribution in [0.1, 0.15) is 22.5 Å². The third-order valence-corrected chi connectivity index (χ3v) is 4.16. The zero-order valence-corrected chi connectivity index (χ0v) is 13.1. The van der Waals surface area contributed by atoms with E-state index in [1.807, 2.05) is 39.1 Å². The lowest BCUT2D eigenvalue weighted by molar-refractivity contribution is -0.120. The number of nitrogens with zero attached hydrogens (tertiary/aromatic N) is 1. The van der Waals surface area contributed by atoms with Gasteiger partial charge in [-0.05, 0) is 43.2 Å². The van der Waals surface area contributed by atoms with Gasteiger partial charge in [-0.15, -0.1) is 0 Å². The van der Waals surface area contributed by atoms with E-state index < -0.39 is 0 Å². The molecule has 0 atom stereocenters. The van der Waals surface area contributed by atoms with Crippen molar-refractivity contribution >= 4 is 5.91 Å². The molecule has 0 saturated heterocycles. The molecule has 1 aliphatic rings. The van der Waals surface area contributed by atoms with E-state index in [2.05, 4.69) is 16.0 Å². The standard InChI is InChI=1S/C17H20N2O3/c1-11-6-14(12(2)19(11)3)8-17(20)18-9-13-4-5-15-16(7-13)22-10-21-15/h4-7H,8-10H2,1-3H3,(H,18,20). The topological polar surface area (TPSA) is 52.5 Å². The van der Waals surface area contributed by atoms with Crippen molar-refractivity contribution in [3.05, 3.63) is 46.8 Å². The predicted octanol–water partition coefficient (Wildman–Crippen LogP) is 2.23. The Bertz CT molecular complexity index is 719. The normalized spacial score (nSPS) is 12.5. The molecule has 0 aliphatic carbocycles. The van der Waals surface area contributed by atoms with E-state index in [9.17, 15) is 4.79 Å². The number of carbonyl (C=O) groups is 1. The summed E-state index contributed by atoms with van der Waals surface area (Å²) >= 11 is 0. The van der Waals surface area contributed by atoms with E-state index >= 15 is 0 Å². The zero-order valence-electron chi connectivity index (χ0n) is 13.1. The molecule has 0 spiro atoms. The van der Waals surface area contributed by atoms with E-state index in [1.165, 1.54) is 0 Å². The number of aryl methyl sites for hydroxylation is 1. The number of amides is 1. The maximum Gasteiger partial charge on any atom is 0.231 e. The molecule has 0 fully saturated rings. The summed E-state index contributed by atoms with van der Waals surface area (Å²) in [4.78, 5) is 12.1. The SMILES string of the molecule is Cc1cc(CC(=O)NCc2ccc3c(c2)OCO3)c(C)n1C. The second-order valence-electron chi connectivity index (χ2n) is 5.60. The third-order valence-electron chi connectivity index (χ3n) is 4.16. The first kappa shape index (κ1) is 14.5. The molecule has 5 heteroatoms. The van der Waals surface area contributed by atoms with Crippen LogP contribution < -0.4 is 14.8 Å². The molecule has 3 rings (SSSR count). The molecule has 5 nitrogen and oxygen atoms in total. The molecule has 0 bridgehead atoms. The lowest BCUT2D eigenvalue weighted by Crippen LogP contribution is -2.24. The van der Waals surface area contributed by atoms with E-state index in [0.717, 1.165) is 34.0 Å². The van der Waals surface area contributed by atoms with E-state index in [0.29, 0.717) is 13.0 Å². The van der Waals surface area contributed by atoms with Crippen LogP contribution >= 0.6 is 0 Å². The summed E-state index contributed by atoms with van der Waals surface area (Å²) in [7, 11) is 2.01. The predicted molar refractivity (Wildman–Crippen MR) is 83.0 cm³/mol. The first-order chi connectivity index (χ1) is 10.5. The Labute approximate surface area is 129 Å². The molecule has 1 N–H and O–H groups in total. The van der Waals surface area contributed by atoms with Crippen LogP contribution in [0.15, 0.2) is 24.3 Å². The number of fused-ring (bicyclic) bond motifs is 1. The molecular weight excluding hydrogens is 280 g/mol. The number of ether oxygens (including phenoxy) is 2. The zero-order chi connectivity index (χ0) is 15.7. The molecule has 0 radical (unpaired) electrons. The Morgan fingerprint density at radius 1 is 1.23 bits per heavy atom. The molecular formula is C17H20N2O3. The van der Waals surface area contributed by atoms with Crippen molar-refractivity contribution in [2.75, 3.05) is 6.79 Å². The van der Waals surface area contributed by atoms with Crippen LogP contribution in [0, 0.1) is 13.8 Å². The fraction of sp³-hybridized carbons (Fsp3) is 0.353. The van der Waals surface area contributed by atoms with Crippen LogP contribution in [-0.4, -0.2) is 17.3 Å². The number of nitrogens with one attached hydrogen (secondary N) is 1. The van der Waals surface area contributed by atoms with Crippen molar-refractivity contribution in [2.24, 2.45) is 7.05 Å². The van der Waals surface area contributed by atoms with Gasteiger partial charge in [0.25, 0.3) is 0 Å². The highest BCUT2D eigenvalue weighted by Crippen LogP contribution is 2.32. The van der Waals surface area contributed by atoms with Gasteiger partial charge in [0.2, 0.25) is 12.7 Å².